The van der Waals surface area contributed by atoms with E-state index in [1.807, 2.05) is 27.9 Å². The number of nitrogens with two attached hydrogens (primary N) is 1. The molecule has 117 heavy (non-hydrogen) atoms. The Morgan fingerprint density at radius 3 is 1.09 bits per heavy atom. The summed E-state index contributed by atoms with van der Waals surface area (Å²) >= 11 is 0. The number of hydrogen-bond donors (Lipinski definition) is 7. The van der Waals surface area contributed by atoms with Gasteiger partial charge in [-0.3, -0.25) is 24.0 Å². The maximum atomic E-state index is 10.9. The van der Waals surface area contributed by atoms with Crippen molar-refractivity contribution in [1.29, 1.82) is 0 Å². The molecule has 8 N–H and O–H groups in total. The van der Waals surface area contributed by atoms with Gasteiger partial charge in [-0.2, -0.15) is 0 Å². The number of carbonyl (C=O) groups is 6. The van der Waals surface area contributed by atoms with Gasteiger partial charge in [-0.1, -0.05) is 236 Å². The molecule has 0 spiro atoms. The van der Waals surface area contributed by atoms with Crippen LogP contribution in [-0.4, -0.2) is 198 Å². The van der Waals surface area contributed by atoms with Gasteiger partial charge in [0.2, 0.25) is 49.6 Å². The molecule has 1 aromatic rings. The second-order valence-corrected chi connectivity index (χ2v) is 40.3. The average Bonchev–Trinajstić information content (AvgIpc) is 0.923. The van der Waals surface area contributed by atoms with Gasteiger partial charge in [-0.05, 0) is 222 Å². The number of rotatable bonds is 46. The van der Waals surface area contributed by atoms with E-state index in [-0.39, 0.29) is 29.5 Å². The molecule has 0 aliphatic carbocycles. The number of nitrogens with one attached hydrogen (secondary N) is 6. The normalized spacial score (nSPS) is 10.8. The number of amides is 5. The molecule has 0 aliphatic heterocycles. The topological polar surface area (TPSA) is 282 Å². The first-order chi connectivity index (χ1) is 53.8. The molecule has 0 fully saturated rings. The van der Waals surface area contributed by atoms with E-state index in [9.17, 15) is 45.6 Å². The van der Waals surface area contributed by atoms with E-state index in [1.165, 1.54) is 80.4 Å². The zero-order valence-electron chi connectivity index (χ0n) is 84.2. The van der Waals surface area contributed by atoms with Crippen molar-refractivity contribution in [2.75, 3.05) is 127 Å². The van der Waals surface area contributed by atoms with Crippen molar-refractivity contribution in [1.82, 2.24) is 50.3 Å². The summed E-state index contributed by atoms with van der Waals surface area (Å²) in [6.45, 7) is 73.2. The van der Waals surface area contributed by atoms with Crippen LogP contribution in [0, 0.1) is 71.0 Å². The largest absolute Gasteiger partial charge is 0.356 e. The van der Waals surface area contributed by atoms with Crippen LogP contribution in [0.5, 0.6) is 0 Å². The van der Waals surface area contributed by atoms with Gasteiger partial charge in [0.1, 0.15) is 5.78 Å². The summed E-state index contributed by atoms with van der Waals surface area (Å²) in [5.74, 6) is 9.64. The fraction of sp³-hybridized carbons (Fsp3) is 0.872. The second kappa shape index (κ2) is 95.7. The summed E-state index contributed by atoms with van der Waals surface area (Å²) in [6, 6.07) is 10.6. The minimum Gasteiger partial charge on any atom is -0.356 e. The van der Waals surface area contributed by atoms with E-state index in [0.29, 0.717) is 67.2 Å². The van der Waals surface area contributed by atoms with E-state index < -0.39 is 20.0 Å². The van der Waals surface area contributed by atoms with Gasteiger partial charge in [0.15, 0.2) is 0 Å². The molecule has 706 valence electrons. The highest BCUT2D eigenvalue weighted by Gasteiger charge is 2.11. The van der Waals surface area contributed by atoms with Gasteiger partial charge in [-0.15, -0.1) is 0 Å². The van der Waals surface area contributed by atoms with Crippen molar-refractivity contribution >= 4 is 55.4 Å². The molecule has 0 aliphatic rings. The van der Waals surface area contributed by atoms with Crippen LogP contribution in [0.4, 0.5) is 0 Å². The minimum absolute atomic E-state index is 0.0654. The minimum atomic E-state index is -2.97. The lowest BCUT2D eigenvalue weighted by atomic mass is 10.0. The molecule has 0 aromatic heterocycles. The molecule has 21 nitrogen and oxygen atoms in total. The molecule has 0 bridgehead atoms. The standard InChI is InChI=1S/C13H21N.2C9H19NO.C9H18O.2C8H17NO.C7H17NO2S.C7H15NO.C7H17N.C6H15NO2S.C6H15N.C5H13N/c1-12(2)9-10-14(3)11-13-7-5-4-6-8-13;1-8(2)6-4-5-7-10-9(3)11;1-4-10-9(11)7-5-6-8(2)3;1-8(2)6-4-5-7-9(3)10;1-7(2)5-6-9(4)8(3)10;1-4-8(10)9-6-5-7(2)3;1-7(2)5-6-8(3)11(4,9)10;1-6(2)4-5-8-7(3)9;1-7(2)5-6-8(3)4;1-6(2)4-5-7-10(3,8)9;1-6(2)4-5-7-3;1-5(2)3-4-6/h4-8,12H,9-11H2,1-3H3;2*8H,4-7H2,1-3H3,(H,10,11);8H,4-7H2,1-3H3;7H,5-6H2,1-4H3;7H,4-6H2,1-3H3,(H,9,10);7H,5-6H2,1-4H3;6H,4-5H2,1-3H3,(H,8,9);7H,5-6H2,1-4H3;6-7H,4-5H2,1-3H3;6-7H,4-5H2,1-3H3;5H,3-4,6H2,1-2H3. The molecule has 0 radical (unpaired) electrons. The van der Waals surface area contributed by atoms with Gasteiger partial charge < -0.3 is 51.8 Å². The first-order valence-electron chi connectivity index (χ1n) is 45.2. The summed E-state index contributed by atoms with van der Waals surface area (Å²) in [5, 5.41) is 14.2. The smallest absolute Gasteiger partial charge is 0.219 e. The molecule has 0 atom stereocenters. The average molecular weight is 1710 g/mol. The van der Waals surface area contributed by atoms with Crippen molar-refractivity contribution in [3.63, 3.8) is 0 Å². The van der Waals surface area contributed by atoms with E-state index in [2.05, 4.69) is 259 Å². The quantitative estimate of drug-likeness (QED) is 0.0299. The lowest BCUT2D eigenvalue weighted by Gasteiger charge is -2.17. The SMILES string of the molecule is CC(=O)CCCCC(C)C.CC(=O)N(C)CCC(C)C.CC(=O)NCCC(C)C.CC(=O)NCCCCC(C)C.CC(C)CCN.CC(C)CCN(C)C.CC(C)CCN(C)Cc1ccccc1.CC(C)CCN(C)S(C)(=O)=O.CC(C)CCNS(C)(=O)=O.CCC(=O)NCCC(C)C.CCNC(=O)CCCC(C)C.CNCCC(C)C. The summed E-state index contributed by atoms with van der Waals surface area (Å²) < 4.78 is 46.5. The van der Waals surface area contributed by atoms with Crippen LogP contribution >= 0.6 is 0 Å². The lowest BCUT2D eigenvalue weighted by Crippen LogP contribution is -2.27. The zero-order valence-corrected chi connectivity index (χ0v) is 85.8. The monoisotopic (exact) mass is 1710 g/mol. The van der Waals surface area contributed by atoms with Crippen LogP contribution in [-0.2, 0) is 55.4 Å². The number of benzene rings is 1. The molecule has 0 saturated heterocycles. The number of ketones is 1. The van der Waals surface area contributed by atoms with Crippen molar-refractivity contribution < 1.29 is 45.6 Å². The Balaban J connectivity index is -0.000000117. The predicted octanol–water partition coefficient (Wildman–Crippen LogP) is 19.4. The Kier molecular flexibility index (Phi) is 111. The Morgan fingerprint density at radius 1 is 0.393 bits per heavy atom. The van der Waals surface area contributed by atoms with Gasteiger partial charge in [0, 0.05) is 106 Å². The van der Waals surface area contributed by atoms with Gasteiger partial charge in [-0.25, -0.2) is 25.9 Å². The number of nitrogens with zero attached hydrogens (tertiary/aromatic N) is 4. The number of hydrogen-bond acceptors (Lipinski definition) is 14. The van der Waals surface area contributed by atoms with Crippen molar-refractivity contribution in [2.24, 2.45) is 76.7 Å². The molecule has 1 rings (SSSR count). The Labute approximate surface area is 729 Å². The first kappa shape index (κ1) is 136. The van der Waals surface area contributed by atoms with Crippen molar-refractivity contribution in [3.05, 3.63) is 35.9 Å². The van der Waals surface area contributed by atoms with Crippen molar-refractivity contribution in [2.45, 2.75) is 343 Å². The molecular weight excluding hydrogens is 1510 g/mol. The van der Waals surface area contributed by atoms with Gasteiger partial charge >= 0.3 is 0 Å². The third-order valence-electron chi connectivity index (χ3n) is 16.7. The van der Waals surface area contributed by atoms with E-state index in [1.54, 1.807) is 39.6 Å². The van der Waals surface area contributed by atoms with Crippen LogP contribution in [0.2, 0.25) is 0 Å². The zero-order chi connectivity index (χ0) is 93.7. The molecule has 5 amide bonds. The Hall–Kier alpha value is -4.10. The highest BCUT2D eigenvalue weighted by atomic mass is 32.2. The third kappa shape index (κ3) is 167. The summed E-state index contributed by atoms with van der Waals surface area (Å²) in [7, 11) is 5.92. The molecule has 0 heterocycles. The van der Waals surface area contributed by atoms with Crippen LogP contribution < -0.4 is 37.0 Å². The van der Waals surface area contributed by atoms with E-state index in [0.717, 1.165) is 158 Å². The second-order valence-electron chi connectivity index (χ2n) is 36.4. The predicted molar refractivity (Wildman–Crippen MR) is 514 cm³/mol. The number of Topliss-reactive ketones (excluding diaryl/α,β-unsaturated/α-hetero) is 1. The molecule has 0 unspecified atom stereocenters. The molecule has 23 heteroatoms. The van der Waals surface area contributed by atoms with Crippen LogP contribution in [0.1, 0.15) is 342 Å². The van der Waals surface area contributed by atoms with E-state index >= 15 is 0 Å². The first-order valence-corrected chi connectivity index (χ1v) is 48.9. The maximum absolute atomic E-state index is 10.9. The number of sulfonamides is 2. The highest BCUT2D eigenvalue weighted by molar-refractivity contribution is 7.88. The maximum Gasteiger partial charge on any atom is 0.219 e. The number of carbonyl (C=O) groups excluding carboxylic acids is 6. The van der Waals surface area contributed by atoms with Crippen LogP contribution in [0.15, 0.2) is 30.3 Å². The van der Waals surface area contributed by atoms with Gasteiger partial charge in [0.25, 0.3) is 0 Å². The third-order valence-corrected chi connectivity index (χ3v) is 18.7. The lowest BCUT2D eigenvalue weighted by molar-refractivity contribution is -0.127. The molecule has 0 saturated carbocycles. The molecular formula is C94H203N11O10S2. The van der Waals surface area contributed by atoms with Crippen molar-refractivity contribution in [3.8, 4) is 0 Å². The fourth-order valence-electron chi connectivity index (χ4n) is 8.47. The summed E-state index contributed by atoms with van der Waals surface area (Å²) in [6.07, 6.45) is 23.8. The fourth-order valence-corrected chi connectivity index (χ4v) is 9.40. The summed E-state index contributed by atoms with van der Waals surface area (Å²) in [4.78, 5) is 69.9. The molecule has 1 aromatic carbocycles. The summed E-state index contributed by atoms with van der Waals surface area (Å²) in [5.41, 5.74) is 6.63. The highest BCUT2D eigenvalue weighted by Crippen LogP contribution is 2.11. The number of unbranched alkanes of at least 4 members (excludes halogenated alkanes) is 2. The van der Waals surface area contributed by atoms with E-state index in [4.69, 9.17) is 5.73 Å². The van der Waals surface area contributed by atoms with Gasteiger partial charge in [0.05, 0.1) is 12.5 Å². The Morgan fingerprint density at radius 2 is 0.761 bits per heavy atom. The Bertz CT molecular complexity index is 2510. The van der Waals surface area contributed by atoms with Crippen LogP contribution in [0.3, 0.4) is 0 Å². The van der Waals surface area contributed by atoms with Crippen LogP contribution in [0.25, 0.3) is 0 Å².